The third-order valence-electron chi connectivity index (χ3n) is 11.0. The van der Waals surface area contributed by atoms with Gasteiger partial charge in [-0.2, -0.15) is 8.42 Å². The predicted molar refractivity (Wildman–Crippen MR) is 236 cm³/mol. The van der Waals surface area contributed by atoms with Gasteiger partial charge < -0.3 is 15.5 Å². The second-order valence-corrected chi connectivity index (χ2v) is 18.0. The van der Waals surface area contributed by atoms with Gasteiger partial charge >= 0.3 is 0 Å². The summed E-state index contributed by atoms with van der Waals surface area (Å²) in [7, 11) is -4.45. The van der Waals surface area contributed by atoms with Crippen LogP contribution in [0.2, 0.25) is 0 Å². The number of hydrogen-bond donors (Lipinski definition) is 4. The van der Waals surface area contributed by atoms with Gasteiger partial charge in [0, 0.05) is 0 Å². The molecule has 0 heterocycles. The number of aliphatic hydroxyl groups excluding tert-OH is 2. The van der Waals surface area contributed by atoms with Crippen molar-refractivity contribution in [3.63, 3.8) is 0 Å². The monoisotopic (exact) mass is 798 g/mol. The fourth-order valence-electron chi connectivity index (χ4n) is 7.36. The van der Waals surface area contributed by atoms with Gasteiger partial charge in [0.15, 0.2) is 0 Å². The van der Waals surface area contributed by atoms with Gasteiger partial charge in [-0.25, -0.2) is 0 Å². The van der Waals surface area contributed by atoms with Gasteiger partial charge in [-0.05, 0) is 32.1 Å². The molecule has 1 amide bonds. The average Bonchev–Trinajstić information content (AvgIpc) is 3.15. The fourth-order valence-corrected chi connectivity index (χ4v) is 8.09. The summed E-state index contributed by atoms with van der Waals surface area (Å²) >= 11 is 0. The Morgan fingerprint density at radius 2 is 0.818 bits per heavy atom. The molecule has 0 aliphatic carbocycles. The Labute approximate surface area is 341 Å². The van der Waals surface area contributed by atoms with Crippen molar-refractivity contribution in [2.75, 3.05) is 5.75 Å². The SMILES string of the molecule is CCCCCCCCCCCCCCC/C=C/CC/C=C/C(O)C(CS(=O)(=O)O)NC(=O)C(O)CCCCCCCCCCCCCCCCCCCCC. The zero-order valence-corrected chi connectivity index (χ0v) is 37.0. The zero-order chi connectivity index (χ0) is 40.5. The maximum atomic E-state index is 12.6. The van der Waals surface area contributed by atoms with E-state index >= 15 is 0 Å². The minimum atomic E-state index is -4.45. The van der Waals surface area contributed by atoms with Gasteiger partial charge in [0.1, 0.15) is 6.10 Å². The molecule has 0 aromatic heterocycles. The molecule has 0 saturated carbocycles. The molecule has 0 saturated heterocycles. The maximum Gasteiger partial charge on any atom is 0.267 e. The summed E-state index contributed by atoms with van der Waals surface area (Å²) in [6.07, 6.45) is 49.6. The first-order valence-electron chi connectivity index (χ1n) is 23.6. The molecule has 8 heteroatoms. The topological polar surface area (TPSA) is 124 Å². The van der Waals surface area contributed by atoms with Crippen LogP contribution in [-0.2, 0) is 14.9 Å². The van der Waals surface area contributed by atoms with E-state index in [4.69, 9.17) is 0 Å². The lowest BCUT2D eigenvalue weighted by molar-refractivity contribution is -0.130. The first-order valence-corrected chi connectivity index (χ1v) is 25.3. The number of nitrogens with one attached hydrogen (secondary N) is 1. The molecule has 0 rings (SSSR count). The van der Waals surface area contributed by atoms with Crippen molar-refractivity contribution in [1.29, 1.82) is 0 Å². The Hall–Kier alpha value is -1.22. The molecule has 0 aromatic carbocycles. The number of allylic oxidation sites excluding steroid dienone is 3. The highest BCUT2D eigenvalue weighted by Crippen LogP contribution is 2.16. The molecule has 0 aromatic rings. The van der Waals surface area contributed by atoms with Crippen molar-refractivity contribution in [1.82, 2.24) is 5.32 Å². The van der Waals surface area contributed by atoms with Gasteiger partial charge in [0.05, 0.1) is 17.9 Å². The number of aliphatic hydroxyl groups is 2. The lowest BCUT2D eigenvalue weighted by Gasteiger charge is -2.22. The summed E-state index contributed by atoms with van der Waals surface area (Å²) < 4.78 is 32.6. The summed E-state index contributed by atoms with van der Waals surface area (Å²) in [4.78, 5) is 12.6. The Morgan fingerprint density at radius 3 is 1.20 bits per heavy atom. The molecule has 0 spiro atoms. The molecule has 3 atom stereocenters. The van der Waals surface area contributed by atoms with Crippen LogP contribution < -0.4 is 5.32 Å². The molecule has 0 radical (unpaired) electrons. The van der Waals surface area contributed by atoms with Gasteiger partial charge in [0.2, 0.25) is 5.91 Å². The quantitative estimate of drug-likeness (QED) is 0.0277. The lowest BCUT2D eigenvalue weighted by atomic mass is 10.0. The number of unbranched alkanes of at least 4 members (excludes halogenated alkanes) is 32. The number of hydrogen-bond acceptors (Lipinski definition) is 5. The van der Waals surface area contributed by atoms with Crippen LogP contribution in [0.15, 0.2) is 24.3 Å². The summed E-state index contributed by atoms with van der Waals surface area (Å²) in [6, 6.07) is -1.25. The first-order chi connectivity index (χ1) is 26.7. The second kappa shape index (κ2) is 41.0. The predicted octanol–water partition coefficient (Wildman–Crippen LogP) is 13.3. The lowest BCUT2D eigenvalue weighted by Crippen LogP contribution is -2.50. The molecular formula is C47H91NO6S. The van der Waals surface area contributed by atoms with E-state index in [0.717, 1.165) is 32.1 Å². The number of carbonyl (C=O) groups is 1. The van der Waals surface area contributed by atoms with E-state index in [0.29, 0.717) is 12.8 Å². The molecule has 0 aliphatic rings. The van der Waals surface area contributed by atoms with E-state index in [1.807, 2.05) is 0 Å². The van der Waals surface area contributed by atoms with Crippen molar-refractivity contribution < 1.29 is 28.0 Å². The summed E-state index contributed by atoms with van der Waals surface area (Å²) in [5, 5.41) is 23.5. The molecule has 3 unspecified atom stereocenters. The van der Waals surface area contributed by atoms with E-state index in [1.165, 1.54) is 186 Å². The molecule has 7 nitrogen and oxygen atoms in total. The van der Waals surface area contributed by atoms with Crippen molar-refractivity contribution in [3.05, 3.63) is 24.3 Å². The van der Waals surface area contributed by atoms with Crippen LogP contribution in [0.25, 0.3) is 0 Å². The van der Waals surface area contributed by atoms with Crippen LogP contribution in [0.1, 0.15) is 245 Å². The summed E-state index contributed by atoms with van der Waals surface area (Å²) in [5.41, 5.74) is 0. The highest BCUT2D eigenvalue weighted by molar-refractivity contribution is 7.85. The molecule has 4 N–H and O–H groups in total. The van der Waals surface area contributed by atoms with Crippen LogP contribution in [0, 0.1) is 0 Å². The van der Waals surface area contributed by atoms with Crippen LogP contribution in [0.3, 0.4) is 0 Å². The van der Waals surface area contributed by atoms with Gasteiger partial charge in [0.25, 0.3) is 10.1 Å². The summed E-state index contributed by atoms with van der Waals surface area (Å²) in [5.74, 6) is -1.55. The molecule has 0 fully saturated rings. The van der Waals surface area contributed by atoms with E-state index < -0.39 is 40.0 Å². The van der Waals surface area contributed by atoms with E-state index in [2.05, 4.69) is 31.3 Å². The third kappa shape index (κ3) is 40.8. The largest absolute Gasteiger partial charge is 0.387 e. The third-order valence-corrected chi connectivity index (χ3v) is 11.8. The standard InChI is InChI=1S/C47H91NO6S/c1-3-5-7-9-11-13-15-17-19-21-23-25-27-29-31-33-35-37-39-41-45(49)44(43-55(52,53)54)48-47(51)46(50)42-40-38-36-34-32-30-28-26-24-22-20-18-16-14-12-10-8-6-4-2/h31,33,39,41,44-46,49-50H,3-30,32,34-38,40,42-43H2,1-2H3,(H,48,51)(H,52,53,54)/b33-31+,41-39+. The average molecular weight is 798 g/mol. The van der Waals surface area contributed by atoms with Crippen molar-refractivity contribution in [2.24, 2.45) is 0 Å². The molecular weight excluding hydrogens is 707 g/mol. The summed E-state index contributed by atoms with van der Waals surface area (Å²) in [6.45, 7) is 4.54. The Balaban J connectivity index is 3.97. The van der Waals surface area contributed by atoms with Gasteiger partial charge in [-0.3, -0.25) is 9.35 Å². The maximum absolute atomic E-state index is 12.6. The van der Waals surface area contributed by atoms with Crippen molar-refractivity contribution in [3.8, 4) is 0 Å². The Bertz CT molecular complexity index is 984. The highest BCUT2D eigenvalue weighted by atomic mass is 32.2. The fraction of sp³-hybridized carbons (Fsp3) is 0.894. The van der Waals surface area contributed by atoms with Crippen molar-refractivity contribution in [2.45, 2.75) is 263 Å². The normalized spacial score (nSPS) is 13.9. The minimum absolute atomic E-state index is 0.279. The smallest absolute Gasteiger partial charge is 0.267 e. The van der Waals surface area contributed by atoms with Crippen LogP contribution in [-0.4, -0.2) is 53.1 Å². The number of amides is 1. The van der Waals surface area contributed by atoms with E-state index in [-0.39, 0.29) is 6.42 Å². The zero-order valence-electron chi connectivity index (χ0n) is 36.2. The highest BCUT2D eigenvalue weighted by Gasteiger charge is 2.27. The van der Waals surface area contributed by atoms with Crippen LogP contribution in [0.5, 0.6) is 0 Å². The van der Waals surface area contributed by atoms with E-state index in [1.54, 1.807) is 6.08 Å². The minimum Gasteiger partial charge on any atom is -0.387 e. The molecule has 0 bridgehead atoms. The Morgan fingerprint density at radius 1 is 0.491 bits per heavy atom. The molecule has 326 valence electrons. The van der Waals surface area contributed by atoms with Gasteiger partial charge in [-0.15, -0.1) is 0 Å². The Kier molecular flexibility index (Phi) is 40.0. The van der Waals surface area contributed by atoms with Gasteiger partial charge in [-0.1, -0.05) is 237 Å². The molecule has 55 heavy (non-hydrogen) atoms. The van der Waals surface area contributed by atoms with Crippen molar-refractivity contribution >= 4 is 16.0 Å². The van der Waals surface area contributed by atoms with Crippen LogP contribution in [0.4, 0.5) is 0 Å². The second-order valence-electron chi connectivity index (χ2n) is 16.5. The number of rotatable bonds is 43. The van der Waals surface area contributed by atoms with E-state index in [9.17, 15) is 28.0 Å². The molecule has 0 aliphatic heterocycles. The first kappa shape index (κ1) is 53.8. The van der Waals surface area contributed by atoms with Crippen LogP contribution >= 0.6 is 0 Å². The number of carbonyl (C=O) groups excluding carboxylic acids is 1.